The number of nitrogens with one attached hydrogen (secondary N) is 1. The maximum atomic E-state index is 12.7. The molecule has 2 heterocycles. The van der Waals surface area contributed by atoms with Gasteiger partial charge < -0.3 is 5.73 Å². The van der Waals surface area contributed by atoms with Crippen LogP contribution in [0.2, 0.25) is 0 Å². The van der Waals surface area contributed by atoms with E-state index in [1.807, 2.05) is 13.8 Å². The molecule has 6 heteroatoms. The molecule has 2 aromatic rings. The zero-order valence-corrected chi connectivity index (χ0v) is 13.5. The van der Waals surface area contributed by atoms with E-state index in [2.05, 4.69) is 11.9 Å². The van der Waals surface area contributed by atoms with Crippen LogP contribution in [0.4, 0.5) is 0 Å². The fraction of sp³-hybridized carbons (Fsp3) is 0.600. The highest BCUT2D eigenvalue weighted by atomic mass is 32.1. The van der Waals surface area contributed by atoms with E-state index >= 15 is 0 Å². The highest BCUT2D eigenvalue weighted by molar-refractivity contribution is 7.18. The van der Waals surface area contributed by atoms with Gasteiger partial charge in [-0.1, -0.05) is 6.92 Å². The van der Waals surface area contributed by atoms with Crippen LogP contribution in [-0.4, -0.2) is 15.1 Å². The Labute approximate surface area is 126 Å². The lowest BCUT2D eigenvalue weighted by atomic mass is 9.89. The number of H-pyrrole nitrogens is 1. The fourth-order valence-electron chi connectivity index (χ4n) is 3.01. The Balaban J connectivity index is 2.25. The molecule has 0 fully saturated rings. The van der Waals surface area contributed by atoms with Crippen LogP contribution in [0.3, 0.4) is 0 Å². The minimum atomic E-state index is -0.602. The largest absolute Gasteiger partial charge is 0.329 e. The Morgan fingerprint density at radius 2 is 2.14 bits per heavy atom. The molecular formula is C15H21N3O2S. The van der Waals surface area contributed by atoms with Crippen molar-refractivity contribution in [3.8, 4) is 0 Å². The average molecular weight is 307 g/mol. The quantitative estimate of drug-likeness (QED) is 0.884. The Morgan fingerprint density at radius 3 is 2.81 bits per heavy atom. The van der Waals surface area contributed by atoms with Crippen molar-refractivity contribution in [3.63, 3.8) is 0 Å². The Hall–Kier alpha value is -1.40. The van der Waals surface area contributed by atoms with E-state index in [4.69, 9.17) is 5.73 Å². The second-order valence-corrected chi connectivity index (χ2v) is 7.97. The summed E-state index contributed by atoms with van der Waals surface area (Å²) in [6.45, 7) is 6.07. The molecule has 0 radical (unpaired) electrons. The van der Waals surface area contributed by atoms with Crippen LogP contribution < -0.4 is 17.0 Å². The maximum Gasteiger partial charge on any atom is 0.329 e. The van der Waals surface area contributed by atoms with Gasteiger partial charge in [-0.2, -0.15) is 0 Å². The van der Waals surface area contributed by atoms with Crippen LogP contribution in [0, 0.1) is 5.92 Å². The van der Waals surface area contributed by atoms with E-state index in [1.165, 1.54) is 9.44 Å². The van der Waals surface area contributed by atoms with Gasteiger partial charge in [0.15, 0.2) is 0 Å². The van der Waals surface area contributed by atoms with Crippen molar-refractivity contribution >= 4 is 21.6 Å². The molecule has 1 aliphatic rings. The van der Waals surface area contributed by atoms with Crippen LogP contribution in [0.1, 0.15) is 37.6 Å². The molecule has 1 atom stereocenters. The number of aryl methyl sites for hydroxylation is 1. The SMILES string of the molecule is CC1CCc2c(sc3[nH]c(=O)n(CC(C)(C)N)c(=O)c23)C1. The smallest absolute Gasteiger partial charge is 0.324 e. The summed E-state index contributed by atoms with van der Waals surface area (Å²) in [4.78, 5) is 29.7. The number of nitrogens with zero attached hydrogens (tertiary/aromatic N) is 1. The van der Waals surface area contributed by atoms with E-state index in [-0.39, 0.29) is 17.8 Å². The number of aromatic nitrogens is 2. The first-order valence-corrected chi connectivity index (χ1v) is 8.14. The van der Waals surface area contributed by atoms with Crippen LogP contribution in [0.25, 0.3) is 10.2 Å². The van der Waals surface area contributed by atoms with Gasteiger partial charge in [-0.05, 0) is 44.6 Å². The maximum absolute atomic E-state index is 12.7. The molecule has 21 heavy (non-hydrogen) atoms. The number of rotatable bonds is 2. The van der Waals surface area contributed by atoms with E-state index in [1.54, 1.807) is 11.3 Å². The predicted octanol–water partition coefficient (Wildman–Crippen LogP) is 1.61. The molecule has 0 saturated carbocycles. The van der Waals surface area contributed by atoms with Crippen molar-refractivity contribution in [1.82, 2.24) is 9.55 Å². The van der Waals surface area contributed by atoms with Crippen LogP contribution in [0.15, 0.2) is 9.59 Å². The standard InChI is InChI=1S/C15H21N3O2S/c1-8-4-5-9-10(6-8)21-12-11(9)13(19)18(14(20)17-12)7-15(2,3)16/h8H,4-7,16H2,1-3H3,(H,17,20). The molecule has 0 amide bonds. The summed E-state index contributed by atoms with van der Waals surface area (Å²) in [6.07, 6.45) is 3.02. The first-order valence-electron chi connectivity index (χ1n) is 7.32. The molecule has 114 valence electrons. The number of hydrogen-bond acceptors (Lipinski definition) is 4. The highest BCUT2D eigenvalue weighted by Gasteiger charge is 2.24. The summed E-state index contributed by atoms with van der Waals surface area (Å²) in [5.74, 6) is 0.641. The summed E-state index contributed by atoms with van der Waals surface area (Å²) < 4.78 is 1.24. The monoisotopic (exact) mass is 307 g/mol. The Kier molecular flexibility index (Phi) is 3.33. The van der Waals surface area contributed by atoms with Gasteiger partial charge in [0.2, 0.25) is 0 Å². The lowest BCUT2D eigenvalue weighted by molar-refractivity contribution is 0.417. The van der Waals surface area contributed by atoms with Crippen LogP contribution in [-0.2, 0) is 19.4 Å². The van der Waals surface area contributed by atoms with E-state index in [9.17, 15) is 9.59 Å². The van der Waals surface area contributed by atoms with Gasteiger partial charge in [0.25, 0.3) is 5.56 Å². The molecule has 0 spiro atoms. The molecule has 3 rings (SSSR count). The first-order chi connectivity index (χ1) is 9.76. The molecule has 1 aliphatic carbocycles. The predicted molar refractivity (Wildman–Crippen MR) is 86.2 cm³/mol. The molecule has 0 aromatic carbocycles. The number of thiophene rings is 1. The van der Waals surface area contributed by atoms with Crippen molar-refractivity contribution in [3.05, 3.63) is 31.3 Å². The van der Waals surface area contributed by atoms with Gasteiger partial charge in [-0.3, -0.25) is 14.3 Å². The number of nitrogens with two attached hydrogens (primary N) is 1. The minimum Gasteiger partial charge on any atom is -0.324 e. The second kappa shape index (κ2) is 4.81. The summed E-state index contributed by atoms with van der Waals surface area (Å²) in [6, 6.07) is 0. The summed E-state index contributed by atoms with van der Waals surface area (Å²) in [7, 11) is 0. The topological polar surface area (TPSA) is 80.9 Å². The van der Waals surface area contributed by atoms with Crippen LogP contribution in [0.5, 0.6) is 0 Å². The Bertz CT molecular complexity index is 807. The van der Waals surface area contributed by atoms with Gasteiger partial charge in [-0.15, -0.1) is 11.3 Å². The molecule has 1 unspecified atom stereocenters. The van der Waals surface area contributed by atoms with E-state index in [0.29, 0.717) is 11.3 Å². The molecule has 5 nitrogen and oxygen atoms in total. The zero-order chi connectivity index (χ0) is 15.4. The molecule has 2 aromatic heterocycles. The summed E-state index contributed by atoms with van der Waals surface area (Å²) >= 11 is 1.56. The van der Waals surface area contributed by atoms with Crippen molar-refractivity contribution in [2.24, 2.45) is 11.7 Å². The highest BCUT2D eigenvalue weighted by Crippen LogP contribution is 2.35. The second-order valence-electron chi connectivity index (χ2n) is 6.87. The fourth-order valence-corrected chi connectivity index (χ4v) is 4.40. The van der Waals surface area contributed by atoms with Gasteiger partial charge in [0.1, 0.15) is 4.83 Å². The Morgan fingerprint density at radius 1 is 1.43 bits per heavy atom. The first kappa shape index (κ1) is 14.5. The van der Waals surface area contributed by atoms with Crippen molar-refractivity contribution in [1.29, 1.82) is 0 Å². The lowest BCUT2D eigenvalue weighted by Crippen LogP contribution is -2.46. The average Bonchev–Trinajstić information content (AvgIpc) is 2.70. The molecular weight excluding hydrogens is 286 g/mol. The van der Waals surface area contributed by atoms with Gasteiger partial charge in [0.05, 0.1) is 5.39 Å². The molecule has 0 saturated heterocycles. The van der Waals surface area contributed by atoms with Crippen molar-refractivity contribution in [2.45, 2.75) is 52.1 Å². The third kappa shape index (κ3) is 2.58. The number of fused-ring (bicyclic) bond motifs is 3. The molecule has 3 N–H and O–H groups in total. The molecule has 0 aliphatic heterocycles. The molecule has 0 bridgehead atoms. The van der Waals surface area contributed by atoms with E-state index in [0.717, 1.165) is 29.7 Å². The third-order valence-corrected chi connectivity index (χ3v) is 5.17. The third-order valence-electron chi connectivity index (χ3n) is 4.00. The van der Waals surface area contributed by atoms with Gasteiger partial charge in [0, 0.05) is 17.0 Å². The zero-order valence-electron chi connectivity index (χ0n) is 12.7. The minimum absolute atomic E-state index is 0.195. The van der Waals surface area contributed by atoms with Crippen molar-refractivity contribution < 1.29 is 0 Å². The van der Waals surface area contributed by atoms with Crippen LogP contribution >= 0.6 is 11.3 Å². The number of hydrogen-bond donors (Lipinski definition) is 2. The summed E-state index contributed by atoms with van der Waals surface area (Å²) in [5, 5.41) is 0.700. The summed E-state index contributed by atoms with van der Waals surface area (Å²) in [5.41, 5.74) is 5.95. The van der Waals surface area contributed by atoms with E-state index < -0.39 is 5.54 Å². The normalized spacial score (nSPS) is 19.0. The van der Waals surface area contributed by atoms with Gasteiger partial charge >= 0.3 is 5.69 Å². The van der Waals surface area contributed by atoms with Gasteiger partial charge in [-0.25, -0.2) is 4.79 Å². The number of aromatic amines is 1. The van der Waals surface area contributed by atoms with Crippen molar-refractivity contribution in [2.75, 3.05) is 0 Å². The lowest BCUT2D eigenvalue weighted by Gasteiger charge is -2.19.